The maximum atomic E-state index is 12.2. The fourth-order valence-electron chi connectivity index (χ4n) is 2.99. The van der Waals surface area contributed by atoms with E-state index in [4.69, 9.17) is 9.84 Å². The number of carbonyl (C=O) groups is 2. The highest BCUT2D eigenvalue weighted by molar-refractivity contribution is 5.84. The van der Waals surface area contributed by atoms with Crippen molar-refractivity contribution in [2.75, 3.05) is 6.61 Å². The van der Waals surface area contributed by atoms with Crippen LogP contribution in [-0.4, -0.2) is 28.6 Å². The van der Waals surface area contributed by atoms with Crippen LogP contribution < -0.4 is 10.1 Å². The molecular weight excluding hydrogens is 356 g/mol. The molecular formula is C22H24N2O4. The number of hydrogen-bond acceptors (Lipinski definition) is 3. The summed E-state index contributed by atoms with van der Waals surface area (Å²) in [4.78, 5) is 25.8. The van der Waals surface area contributed by atoms with Crippen molar-refractivity contribution in [1.29, 1.82) is 0 Å². The first kappa shape index (κ1) is 19.5. The van der Waals surface area contributed by atoms with E-state index in [-0.39, 0.29) is 12.3 Å². The molecule has 0 saturated carbocycles. The quantitative estimate of drug-likeness (QED) is 0.468. The molecule has 0 unspecified atom stereocenters. The van der Waals surface area contributed by atoms with E-state index in [0.717, 1.165) is 22.0 Å². The highest BCUT2D eigenvalue weighted by atomic mass is 16.5. The van der Waals surface area contributed by atoms with Crippen LogP contribution in [0.25, 0.3) is 10.9 Å². The number of aryl methyl sites for hydroxylation is 1. The Bertz CT molecular complexity index is 931. The van der Waals surface area contributed by atoms with Crippen molar-refractivity contribution in [2.24, 2.45) is 0 Å². The second-order valence-corrected chi connectivity index (χ2v) is 6.63. The van der Waals surface area contributed by atoms with Crippen molar-refractivity contribution in [1.82, 2.24) is 10.3 Å². The van der Waals surface area contributed by atoms with Crippen LogP contribution in [0, 0.1) is 0 Å². The number of amides is 1. The van der Waals surface area contributed by atoms with Gasteiger partial charge in [-0.15, -0.1) is 0 Å². The summed E-state index contributed by atoms with van der Waals surface area (Å²) in [6, 6.07) is 15.5. The standard InChI is InChI=1S/C22H24N2O4/c25-21(12-9-17-15-23-20-5-2-1-4-19(17)20)24-14-16-7-10-18(11-8-16)28-13-3-6-22(26)27/h1-2,4-5,7-8,10-11,15,23H,3,6,9,12-14H2,(H,24,25)(H,26,27). The number of H-pyrrole nitrogens is 1. The molecule has 0 saturated heterocycles. The summed E-state index contributed by atoms with van der Waals surface area (Å²) in [6.07, 6.45) is 3.67. The van der Waals surface area contributed by atoms with Gasteiger partial charge in [-0.3, -0.25) is 9.59 Å². The number of benzene rings is 2. The van der Waals surface area contributed by atoms with Gasteiger partial charge in [0.1, 0.15) is 5.75 Å². The van der Waals surface area contributed by atoms with Crippen LogP contribution in [0.1, 0.15) is 30.4 Å². The molecule has 3 N–H and O–H groups in total. The SMILES string of the molecule is O=C(O)CCCOc1ccc(CNC(=O)CCc2c[nH]c3ccccc23)cc1. The summed E-state index contributed by atoms with van der Waals surface area (Å²) >= 11 is 0. The molecule has 0 fully saturated rings. The molecule has 0 atom stereocenters. The van der Waals surface area contributed by atoms with Crippen molar-refractivity contribution in [3.63, 3.8) is 0 Å². The van der Waals surface area contributed by atoms with Crippen LogP contribution in [0.5, 0.6) is 5.75 Å². The summed E-state index contributed by atoms with van der Waals surface area (Å²) in [5.74, 6) is -0.113. The number of aliphatic carboxylic acids is 1. The maximum absolute atomic E-state index is 12.2. The van der Waals surface area contributed by atoms with Crippen molar-refractivity contribution in [2.45, 2.75) is 32.2 Å². The Morgan fingerprint density at radius 1 is 1.04 bits per heavy atom. The largest absolute Gasteiger partial charge is 0.494 e. The lowest BCUT2D eigenvalue weighted by Crippen LogP contribution is -2.22. The van der Waals surface area contributed by atoms with Gasteiger partial charge in [0, 0.05) is 36.5 Å². The smallest absolute Gasteiger partial charge is 0.303 e. The molecule has 2 aromatic carbocycles. The first-order valence-electron chi connectivity index (χ1n) is 9.37. The Balaban J connectivity index is 1.40. The minimum atomic E-state index is -0.820. The zero-order valence-electron chi connectivity index (χ0n) is 15.6. The maximum Gasteiger partial charge on any atom is 0.303 e. The first-order chi connectivity index (χ1) is 13.6. The Hall–Kier alpha value is -3.28. The number of ether oxygens (including phenoxy) is 1. The number of aromatic nitrogens is 1. The molecule has 0 bridgehead atoms. The van der Waals surface area contributed by atoms with E-state index in [2.05, 4.69) is 16.4 Å². The van der Waals surface area contributed by atoms with Gasteiger partial charge in [-0.05, 0) is 42.2 Å². The summed E-state index contributed by atoms with van der Waals surface area (Å²) in [7, 11) is 0. The minimum absolute atomic E-state index is 0.0132. The molecule has 0 aliphatic heterocycles. The summed E-state index contributed by atoms with van der Waals surface area (Å²) < 4.78 is 5.50. The first-order valence-corrected chi connectivity index (χ1v) is 9.37. The molecule has 1 aromatic heterocycles. The van der Waals surface area contributed by atoms with E-state index in [0.29, 0.717) is 38.2 Å². The number of para-hydroxylation sites is 1. The van der Waals surface area contributed by atoms with Crippen molar-refractivity contribution in [3.05, 3.63) is 65.9 Å². The molecule has 0 aliphatic carbocycles. The third-order valence-electron chi connectivity index (χ3n) is 4.51. The van der Waals surface area contributed by atoms with Gasteiger partial charge < -0.3 is 20.1 Å². The van der Waals surface area contributed by atoms with E-state index in [1.165, 1.54) is 0 Å². The highest BCUT2D eigenvalue weighted by Crippen LogP contribution is 2.19. The van der Waals surface area contributed by atoms with Crippen LogP contribution in [0.2, 0.25) is 0 Å². The number of nitrogens with one attached hydrogen (secondary N) is 2. The molecule has 1 amide bonds. The van der Waals surface area contributed by atoms with E-state index in [1.54, 1.807) is 0 Å². The summed E-state index contributed by atoms with van der Waals surface area (Å²) in [5.41, 5.74) is 3.22. The van der Waals surface area contributed by atoms with Gasteiger partial charge in [-0.1, -0.05) is 30.3 Å². The van der Waals surface area contributed by atoms with E-state index >= 15 is 0 Å². The lowest BCUT2D eigenvalue weighted by molar-refractivity contribution is -0.137. The molecule has 146 valence electrons. The van der Waals surface area contributed by atoms with Crippen molar-refractivity contribution < 1.29 is 19.4 Å². The fraction of sp³-hybridized carbons (Fsp3) is 0.273. The molecule has 0 aliphatic rings. The average molecular weight is 380 g/mol. The normalized spacial score (nSPS) is 10.7. The fourth-order valence-corrected chi connectivity index (χ4v) is 2.99. The topological polar surface area (TPSA) is 91.4 Å². The van der Waals surface area contributed by atoms with Gasteiger partial charge in [0.15, 0.2) is 0 Å². The van der Waals surface area contributed by atoms with E-state index in [9.17, 15) is 9.59 Å². The zero-order valence-corrected chi connectivity index (χ0v) is 15.6. The van der Waals surface area contributed by atoms with E-state index in [1.807, 2.05) is 48.7 Å². The van der Waals surface area contributed by atoms with Crippen LogP contribution in [-0.2, 0) is 22.6 Å². The molecule has 3 aromatic rings. The molecule has 0 spiro atoms. The van der Waals surface area contributed by atoms with Gasteiger partial charge in [-0.25, -0.2) is 0 Å². The van der Waals surface area contributed by atoms with Crippen LogP contribution in [0.4, 0.5) is 0 Å². The van der Waals surface area contributed by atoms with Gasteiger partial charge in [-0.2, -0.15) is 0 Å². The Morgan fingerprint density at radius 3 is 2.61 bits per heavy atom. The van der Waals surface area contributed by atoms with Gasteiger partial charge in [0.25, 0.3) is 0 Å². The number of fused-ring (bicyclic) bond motifs is 1. The molecule has 0 radical (unpaired) electrons. The zero-order chi connectivity index (χ0) is 19.8. The van der Waals surface area contributed by atoms with Crippen LogP contribution >= 0.6 is 0 Å². The third kappa shape index (κ3) is 5.61. The average Bonchev–Trinajstić information content (AvgIpc) is 3.12. The number of carboxylic acids is 1. The lowest BCUT2D eigenvalue weighted by Gasteiger charge is -2.08. The summed E-state index contributed by atoms with van der Waals surface area (Å²) in [5, 5.41) is 12.7. The van der Waals surface area contributed by atoms with Gasteiger partial charge >= 0.3 is 5.97 Å². The predicted octanol–water partition coefficient (Wildman–Crippen LogP) is 3.66. The molecule has 1 heterocycles. The monoisotopic (exact) mass is 380 g/mol. The Kier molecular flexibility index (Phi) is 6.68. The third-order valence-corrected chi connectivity index (χ3v) is 4.51. The Morgan fingerprint density at radius 2 is 1.82 bits per heavy atom. The van der Waals surface area contributed by atoms with Gasteiger partial charge in [0.2, 0.25) is 5.91 Å². The van der Waals surface area contributed by atoms with Gasteiger partial charge in [0.05, 0.1) is 6.61 Å². The second-order valence-electron chi connectivity index (χ2n) is 6.63. The second kappa shape index (κ2) is 9.60. The van der Waals surface area contributed by atoms with Crippen LogP contribution in [0.15, 0.2) is 54.7 Å². The van der Waals surface area contributed by atoms with E-state index < -0.39 is 5.97 Å². The molecule has 6 heteroatoms. The number of hydrogen-bond donors (Lipinski definition) is 3. The number of carbonyl (C=O) groups excluding carboxylic acids is 1. The number of rotatable bonds is 10. The molecule has 6 nitrogen and oxygen atoms in total. The molecule has 3 rings (SSSR count). The number of carboxylic acid groups (broad SMARTS) is 1. The lowest BCUT2D eigenvalue weighted by atomic mass is 10.1. The van der Waals surface area contributed by atoms with Crippen molar-refractivity contribution in [3.8, 4) is 5.75 Å². The molecule has 28 heavy (non-hydrogen) atoms. The minimum Gasteiger partial charge on any atom is -0.494 e. The highest BCUT2D eigenvalue weighted by Gasteiger charge is 2.07. The van der Waals surface area contributed by atoms with Crippen LogP contribution in [0.3, 0.4) is 0 Å². The summed E-state index contributed by atoms with van der Waals surface area (Å²) in [6.45, 7) is 0.836. The number of aromatic amines is 1. The Labute approximate surface area is 163 Å². The van der Waals surface area contributed by atoms with Crippen molar-refractivity contribution >= 4 is 22.8 Å². The predicted molar refractivity (Wildman–Crippen MR) is 107 cm³/mol.